The Balaban J connectivity index is 1.81. The molecule has 0 bridgehead atoms. The minimum absolute atomic E-state index is 0.0379. The SMILES string of the molecule is CSCC[C@H](N)C(=O)N1CC[C@H](Oc2cccnc2)C1. The Morgan fingerprint density at radius 3 is 3.25 bits per heavy atom. The van der Waals surface area contributed by atoms with Crippen LogP contribution in [0.2, 0.25) is 0 Å². The number of pyridine rings is 1. The Labute approximate surface area is 123 Å². The van der Waals surface area contributed by atoms with Crippen LogP contribution >= 0.6 is 11.8 Å². The number of aromatic nitrogens is 1. The summed E-state index contributed by atoms with van der Waals surface area (Å²) in [6.07, 6.45) is 7.03. The molecule has 0 aromatic carbocycles. The number of carbonyl (C=O) groups excluding carboxylic acids is 1. The first-order chi connectivity index (χ1) is 9.70. The van der Waals surface area contributed by atoms with Gasteiger partial charge in [0, 0.05) is 19.2 Å². The highest BCUT2D eigenvalue weighted by molar-refractivity contribution is 7.98. The van der Waals surface area contributed by atoms with Gasteiger partial charge in [0.05, 0.1) is 18.8 Å². The van der Waals surface area contributed by atoms with Crippen LogP contribution in [0.3, 0.4) is 0 Å². The molecule has 1 aliphatic rings. The molecule has 0 unspecified atom stereocenters. The molecule has 1 aromatic rings. The third kappa shape index (κ3) is 4.11. The maximum Gasteiger partial charge on any atom is 0.239 e. The number of thioether (sulfide) groups is 1. The van der Waals surface area contributed by atoms with Crippen molar-refractivity contribution in [3.05, 3.63) is 24.5 Å². The second kappa shape index (κ2) is 7.50. The highest BCUT2D eigenvalue weighted by Gasteiger charge is 2.30. The molecular weight excluding hydrogens is 274 g/mol. The molecule has 20 heavy (non-hydrogen) atoms. The highest BCUT2D eigenvalue weighted by Crippen LogP contribution is 2.18. The molecule has 5 nitrogen and oxygen atoms in total. The van der Waals surface area contributed by atoms with Gasteiger partial charge in [-0.25, -0.2) is 0 Å². The molecule has 2 N–H and O–H groups in total. The molecule has 0 saturated carbocycles. The molecule has 110 valence electrons. The van der Waals surface area contributed by atoms with Gasteiger partial charge in [-0.1, -0.05) is 0 Å². The van der Waals surface area contributed by atoms with Crippen LogP contribution in [0.4, 0.5) is 0 Å². The smallest absolute Gasteiger partial charge is 0.239 e. The topological polar surface area (TPSA) is 68.5 Å². The van der Waals surface area contributed by atoms with Crippen LogP contribution in [0.25, 0.3) is 0 Å². The van der Waals surface area contributed by atoms with Gasteiger partial charge in [0.25, 0.3) is 0 Å². The van der Waals surface area contributed by atoms with E-state index in [9.17, 15) is 4.79 Å². The predicted octanol–water partition coefficient (Wildman–Crippen LogP) is 1.14. The van der Waals surface area contributed by atoms with E-state index in [1.165, 1.54) is 0 Å². The molecule has 1 aromatic heterocycles. The summed E-state index contributed by atoms with van der Waals surface area (Å²) in [6, 6.07) is 3.33. The van der Waals surface area contributed by atoms with Crippen LogP contribution < -0.4 is 10.5 Å². The van der Waals surface area contributed by atoms with Gasteiger partial charge in [-0.2, -0.15) is 11.8 Å². The van der Waals surface area contributed by atoms with Crippen LogP contribution in [-0.2, 0) is 4.79 Å². The number of likely N-dealkylation sites (tertiary alicyclic amines) is 1. The van der Waals surface area contributed by atoms with Crippen molar-refractivity contribution < 1.29 is 9.53 Å². The molecule has 2 rings (SSSR count). The molecule has 2 heterocycles. The van der Waals surface area contributed by atoms with Gasteiger partial charge in [-0.05, 0) is 30.6 Å². The van der Waals surface area contributed by atoms with Gasteiger partial charge in [0.1, 0.15) is 11.9 Å². The van der Waals surface area contributed by atoms with Gasteiger partial charge in [-0.15, -0.1) is 0 Å². The van der Waals surface area contributed by atoms with E-state index in [0.717, 1.165) is 30.9 Å². The highest BCUT2D eigenvalue weighted by atomic mass is 32.2. The second-order valence-corrected chi connectivity index (χ2v) is 5.88. The third-order valence-corrected chi connectivity index (χ3v) is 3.99. The van der Waals surface area contributed by atoms with E-state index in [1.807, 2.05) is 23.3 Å². The number of hydrogen-bond acceptors (Lipinski definition) is 5. The number of hydrogen-bond donors (Lipinski definition) is 1. The lowest BCUT2D eigenvalue weighted by molar-refractivity contribution is -0.131. The molecule has 1 aliphatic heterocycles. The van der Waals surface area contributed by atoms with E-state index >= 15 is 0 Å². The second-order valence-electron chi connectivity index (χ2n) is 4.89. The number of carbonyl (C=O) groups is 1. The van der Waals surface area contributed by atoms with Crippen LogP contribution in [0.1, 0.15) is 12.8 Å². The summed E-state index contributed by atoms with van der Waals surface area (Å²) in [7, 11) is 0. The van der Waals surface area contributed by atoms with Crippen LogP contribution in [0.15, 0.2) is 24.5 Å². The zero-order valence-electron chi connectivity index (χ0n) is 11.7. The Bertz CT molecular complexity index is 430. The monoisotopic (exact) mass is 295 g/mol. The van der Waals surface area contributed by atoms with Crippen molar-refractivity contribution in [3.63, 3.8) is 0 Å². The molecule has 0 spiro atoms. The minimum atomic E-state index is -0.389. The molecule has 1 amide bonds. The fourth-order valence-electron chi connectivity index (χ4n) is 2.24. The predicted molar refractivity (Wildman–Crippen MR) is 80.8 cm³/mol. The lowest BCUT2D eigenvalue weighted by Crippen LogP contribution is -2.43. The van der Waals surface area contributed by atoms with Crippen LogP contribution in [-0.4, -0.2) is 53.0 Å². The summed E-state index contributed by atoms with van der Waals surface area (Å²) in [5.41, 5.74) is 5.93. The summed E-state index contributed by atoms with van der Waals surface area (Å²) in [5, 5.41) is 0. The zero-order valence-corrected chi connectivity index (χ0v) is 12.5. The minimum Gasteiger partial charge on any atom is -0.487 e. The van der Waals surface area contributed by atoms with Crippen molar-refractivity contribution in [2.75, 3.05) is 25.1 Å². The Morgan fingerprint density at radius 2 is 2.55 bits per heavy atom. The number of ether oxygens (including phenoxy) is 1. The first-order valence-corrected chi connectivity index (χ1v) is 8.20. The summed E-state index contributed by atoms with van der Waals surface area (Å²) >= 11 is 1.71. The van der Waals surface area contributed by atoms with Gasteiger partial charge in [0.15, 0.2) is 0 Å². The Morgan fingerprint density at radius 1 is 1.70 bits per heavy atom. The molecule has 1 fully saturated rings. The van der Waals surface area contributed by atoms with Crippen molar-refractivity contribution >= 4 is 17.7 Å². The Hall–Kier alpha value is -1.27. The van der Waals surface area contributed by atoms with Crippen LogP contribution in [0, 0.1) is 0 Å². The summed E-state index contributed by atoms with van der Waals surface area (Å²) < 4.78 is 5.82. The van der Waals surface area contributed by atoms with E-state index in [0.29, 0.717) is 6.54 Å². The third-order valence-electron chi connectivity index (χ3n) is 3.34. The number of nitrogens with two attached hydrogens (primary N) is 1. The van der Waals surface area contributed by atoms with E-state index in [4.69, 9.17) is 10.5 Å². The molecule has 6 heteroatoms. The number of nitrogens with zero attached hydrogens (tertiary/aromatic N) is 2. The maximum absolute atomic E-state index is 12.2. The summed E-state index contributed by atoms with van der Waals surface area (Å²) in [5.74, 6) is 1.70. The largest absolute Gasteiger partial charge is 0.487 e. The molecule has 2 atom stereocenters. The Kier molecular flexibility index (Phi) is 5.67. The van der Waals surface area contributed by atoms with Gasteiger partial charge in [0.2, 0.25) is 5.91 Å². The van der Waals surface area contributed by atoms with E-state index in [-0.39, 0.29) is 18.1 Å². The van der Waals surface area contributed by atoms with Crippen molar-refractivity contribution in [1.82, 2.24) is 9.88 Å². The molecular formula is C14H21N3O2S. The van der Waals surface area contributed by atoms with Gasteiger partial charge >= 0.3 is 0 Å². The van der Waals surface area contributed by atoms with Crippen molar-refractivity contribution in [1.29, 1.82) is 0 Å². The lowest BCUT2D eigenvalue weighted by atomic mass is 10.2. The first kappa shape index (κ1) is 15.1. The average molecular weight is 295 g/mol. The first-order valence-electron chi connectivity index (χ1n) is 6.80. The van der Waals surface area contributed by atoms with E-state index in [2.05, 4.69) is 4.98 Å². The standard InChI is InChI=1S/C14H21N3O2S/c1-20-8-5-13(15)14(18)17-7-4-12(10-17)19-11-3-2-6-16-9-11/h2-3,6,9,12-13H,4-5,7-8,10,15H2,1H3/t12-,13-/m0/s1. The van der Waals surface area contributed by atoms with E-state index in [1.54, 1.807) is 24.2 Å². The number of amides is 1. The van der Waals surface area contributed by atoms with Gasteiger partial charge < -0.3 is 15.4 Å². The summed E-state index contributed by atoms with van der Waals surface area (Å²) in [4.78, 5) is 18.0. The number of rotatable bonds is 6. The average Bonchev–Trinajstić information content (AvgIpc) is 2.93. The van der Waals surface area contributed by atoms with Crippen LogP contribution in [0.5, 0.6) is 5.75 Å². The van der Waals surface area contributed by atoms with Gasteiger partial charge in [-0.3, -0.25) is 9.78 Å². The van der Waals surface area contributed by atoms with Crippen molar-refractivity contribution in [2.45, 2.75) is 25.0 Å². The normalized spacial score (nSPS) is 19.9. The fourth-order valence-corrected chi connectivity index (χ4v) is 2.73. The lowest BCUT2D eigenvalue weighted by Gasteiger charge is -2.20. The molecule has 1 saturated heterocycles. The van der Waals surface area contributed by atoms with Crippen molar-refractivity contribution in [2.24, 2.45) is 5.73 Å². The quantitative estimate of drug-likeness (QED) is 0.852. The van der Waals surface area contributed by atoms with E-state index < -0.39 is 0 Å². The zero-order chi connectivity index (χ0) is 14.4. The molecule has 0 radical (unpaired) electrons. The maximum atomic E-state index is 12.2. The van der Waals surface area contributed by atoms with Crippen molar-refractivity contribution in [3.8, 4) is 5.75 Å². The molecule has 0 aliphatic carbocycles. The fraction of sp³-hybridized carbons (Fsp3) is 0.571. The summed E-state index contributed by atoms with van der Waals surface area (Å²) in [6.45, 7) is 1.33.